The predicted octanol–water partition coefficient (Wildman–Crippen LogP) is 2.60. The van der Waals surface area contributed by atoms with Crippen molar-refractivity contribution in [1.29, 1.82) is 0 Å². The Bertz CT molecular complexity index is 817. The van der Waals surface area contributed by atoms with Gasteiger partial charge in [0.25, 0.3) is 0 Å². The fraction of sp³-hybridized carbons (Fsp3) is 0.364. The highest BCUT2D eigenvalue weighted by Gasteiger charge is 2.41. The summed E-state index contributed by atoms with van der Waals surface area (Å²) in [6, 6.07) is 14.8. The van der Waals surface area contributed by atoms with Gasteiger partial charge in [-0.05, 0) is 43.2 Å². The number of carbonyl (C=O) groups is 2. The summed E-state index contributed by atoms with van der Waals surface area (Å²) in [7, 11) is 1.60. The largest absolute Gasteiger partial charge is 0.497 e. The summed E-state index contributed by atoms with van der Waals surface area (Å²) in [6.07, 6.45) is 0.771. The third kappa shape index (κ3) is 4.17. The van der Waals surface area contributed by atoms with Crippen LogP contribution in [0.4, 0.5) is 5.69 Å². The molecule has 1 fully saturated rings. The number of aliphatic hydroxyl groups excluding tert-OH is 1. The number of anilines is 1. The van der Waals surface area contributed by atoms with E-state index in [-0.39, 0.29) is 25.0 Å². The van der Waals surface area contributed by atoms with E-state index in [1.165, 1.54) is 0 Å². The number of nitrogens with zero attached hydrogens (tertiary/aromatic N) is 1. The number of carbonyl (C=O) groups excluding carboxylic acids is 2. The van der Waals surface area contributed by atoms with Crippen LogP contribution in [0.5, 0.6) is 5.75 Å². The molecule has 2 atom stereocenters. The molecule has 2 N–H and O–H groups in total. The van der Waals surface area contributed by atoms with Gasteiger partial charge in [0.15, 0.2) is 0 Å². The Morgan fingerprint density at radius 2 is 1.86 bits per heavy atom. The number of aliphatic hydroxyl groups is 1. The number of rotatable bonds is 6. The van der Waals surface area contributed by atoms with Gasteiger partial charge in [0.1, 0.15) is 5.75 Å². The zero-order chi connectivity index (χ0) is 20.1. The average Bonchev–Trinajstić information content (AvgIpc) is 2.72. The van der Waals surface area contributed by atoms with E-state index in [9.17, 15) is 9.59 Å². The Morgan fingerprint density at radius 1 is 1.18 bits per heavy atom. The first-order chi connectivity index (χ1) is 13.5. The SMILES string of the molecule is COc1ccc(C2C(C(=O)NCCO)CCC(=O)N2c2ccc(C)cc2)cc1. The van der Waals surface area contributed by atoms with Crippen LogP contribution in [-0.2, 0) is 9.59 Å². The topological polar surface area (TPSA) is 78.9 Å². The number of nitrogens with one attached hydrogen (secondary N) is 1. The minimum Gasteiger partial charge on any atom is -0.497 e. The predicted molar refractivity (Wildman–Crippen MR) is 107 cm³/mol. The number of ether oxygens (including phenoxy) is 1. The Hall–Kier alpha value is -2.86. The van der Waals surface area contributed by atoms with E-state index in [0.29, 0.717) is 18.6 Å². The van der Waals surface area contributed by atoms with Gasteiger partial charge in [0.05, 0.1) is 25.7 Å². The molecule has 0 radical (unpaired) electrons. The second kappa shape index (κ2) is 8.89. The first-order valence-electron chi connectivity index (χ1n) is 9.46. The maximum absolute atomic E-state index is 12.9. The van der Waals surface area contributed by atoms with Crippen molar-refractivity contribution in [3.05, 3.63) is 59.7 Å². The molecule has 2 aromatic carbocycles. The molecule has 148 valence electrons. The molecular weight excluding hydrogens is 356 g/mol. The zero-order valence-corrected chi connectivity index (χ0v) is 16.2. The highest BCUT2D eigenvalue weighted by atomic mass is 16.5. The van der Waals surface area contributed by atoms with E-state index in [4.69, 9.17) is 9.84 Å². The lowest BCUT2D eigenvalue weighted by Crippen LogP contribution is -2.48. The van der Waals surface area contributed by atoms with Crippen molar-refractivity contribution in [3.63, 3.8) is 0 Å². The number of hydrogen-bond donors (Lipinski definition) is 2. The summed E-state index contributed by atoms with van der Waals surface area (Å²) in [6.45, 7) is 2.07. The maximum atomic E-state index is 12.9. The van der Waals surface area contributed by atoms with Crippen molar-refractivity contribution >= 4 is 17.5 Å². The molecular formula is C22H26N2O4. The van der Waals surface area contributed by atoms with Gasteiger partial charge in [-0.15, -0.1) is 0 Å². The Balaban J connectivity index is 2.03. The monoisotopic (exact) mass is 382 g/mol. The van der Waals surface area contributed by atoms with Crippen LogP contribution in [0.25, 0.3) is 0 Å². The molecule has 2 unspecified atom stereocenters. The summed E-state index contributed by atoms with van der Waals surface area (Å²) in [5.41, 5.74) is 2.75. The van der Waals surface area contributed by atoms with Crippen molar-refractivity contribution in [2.45, 2.75) is 25.8 Å². The summed E-state index contributed by atoms with van der Waals surface area (Å²) in [5, 5.41) is 11.8. The molecule has 28 heavy (non-hydrogen) atoms. The van der Waals surface area contributed by atoms with Crippen LogP contribution in [0.2, 0.25) is 0 Å². The summed E-state index contributed by atoms with van der Waals surface area (Å²) < 4.78 is 5.24. The fourth-order valence-electron chi connectivity index (χ4n) is 3.67. The highest BCUT2D eigenvalue weighted by molar-refractivity contribution is 5.97. The number of aryl methyl sites for hydroxylation is 1. The third-order valence-electron chi connectivity index (χ3n) is 5.11. The Morgan fingerprint density at radius 3 is 2.46 bits per heavy atom. The van der Waals surface area contributed by atoms with Gasteiger partial charge in [0, 0.05) is 18.7 Å². The minimum atomic E-state index is -0.423. The molecule has 1 aliphatic heterocycles. The number of methoxy groups -OCH3 is 1. The molecule has 0 bridgehead atoms. The molecule has 2 amide bonds. The second-order valence-electron chi connectivity index (χ2n) is 6.98. The Kier molecular flexibility index (Phi) is 6.31. The fourth-order valence-corrected chi connectivity index (χ4v) is 3.67. The van der Waals surface area contributed by atoms with Crippen LogP contribution >= 0.6 is 0 Å². The van der Waals surface area contributed by atoms with Gasteiger partial charge >= 0.3 is 0 Å². The molecule has 0 spiro atoms. The molecule has 0 aromatic heterocycles. The molecule has 1 heterocycles. The standard InChI is InChI=1S/C22H26N2O4/c1-15-3-7-17(8-4-15)24-20(26)12-11-19(22(27)23-13-14-25)21(24)16-5-9-18(28-2)10-6-16/h3-10,19,21,25H,11-14H2,1-2H3,(H,23,27). The second-order valence-corrected chi connectivity index (χ2v) is 6.98. The highest BCUT2D eigenvalue weighted by Crippen LogP contribution is 2.40. The third-order valence-corrected chi connectivity index (χ3v) is 5.11. The number of hydrogen-bond acceptors (Lipinski definition) is 4. The number of benzene rings is 2. The van der Waals surface area contributed by atoms with Crippen molar-refractivity contribution < 1.29 is 19.4 Å². The molecule has 2 aromatic rings. The van der Waals surface area contributed by atoms with Crippen LogP contribution in [0.15, 0.2) is 48.5 Å². The zero-order valence-electron chi connectivity index (χ0n) is 16.2. The number of amides is 2. The van der Waals surface area contributed by atoms with Gasteiger partial charge < -0.3 is 20.1 Å². The van der Waals surface area contributed by atoms with Crippen molar-refractivity contribution in [3.8, 4) is 5.75 Å². The molecule has 6 nitrogen and oxygen atoms in total. The molecule has 6 heteroatoms. The normalized spacial score (nSPS) is 19.4. The van der Waals surface area contributed by atoms with Crippen molar-refractivity contribution in [1.82, 2.24) is 5.32 Å². The average molecular weight is 382 g/mol. The van der Waals surface area contributed by atoms with Gasteiger partial charge in [-0.2, -0.15) is 0 Å². The van der Waals surface area contributed by atoms with Gasteiger partial charge in [0.2, 0.25) is 11.8 Å². The maximum Gasteiger partial charge on any atom is 0.227 e. The quantitative estimate of drug-likeness (QED) is 0.805. The van der Waals surface area contributed by atoms with E-state index < -0.39 is 12.0 Å². The van der Waals surface area contributed by atoms with Crippen LogP contribution in [0.3, 0.4) is 0 Å². The van der Waals surface area contributed by atoms with Crippen LogP contribution in [0, 0.1) is 12.8 Å². The van der Waals surface area contributed by atoms with Crippen LogP contribution in [0.1, 0.15) is 30.0 Å². The molecule has 0 saturated carbocycles. The lowest BCUT2D eigenvalue weighted by atomic mass is 9.83. The smallest absolute Gasteiger partial charge is 0.227 e. The van der Waals surface area contributed by atoms with E-state index >= 15 is 0 Å². The van der Waals surface area contributed by atoms with Gasteiger partial charge in [-0.3, -0.25) is 9.59 Å². The van der Waals surface area contributed by atoms with Crippen LogP contribution in [-0.4, -0.2) is 37.2 Å². The van der Waals surface area contributed by atoms with E-state index in [0.717, 1.165) is 16.8 Å². The summed E-state index contributed by atoms with van der Waals surface area (Å²) >= 11 is 0. The number of piperidine rings is 1. The van der Waals surface area contributed by atoms with E-state index in [1.807, 2.05) is 55.5 Å². The van der Waals surface area contributed by atoms with Crippen molar-refractivity contribution in [2.24, 2.45) is 5.92 Å². The minimum absolute atomic E-state index is 0.00382. The first-order valence-corrected chi connectivity index (χ1v) is 9.46. The van der Waals surface area contributed by atoms with Gasteiger partial charge in [-0.25, -0.2) is 0 Å². The van der Waals surface area contributed by atoms with E-state index in [1.54, 1.807) is 12.0 Å². The summed E-state index contributed by atoms with van der Waals surface area (Å²) in [5.74, 6) is 0.156. The van der Waals surface area contributed by atoms with Crippen molar-refractivity contribution in [2.75, 3.05) is 25.2 Å². The lowest BCUT2D eigenvalue weighted by Gasteiger charge is -2.41. The summed E-state index contributed by atoms with van der Waals surface area (Å²) in [4.78, 5) is 27.4. The Labute approximate surface area is 165 Å². The molecule has 1 aliphatic rings. The molecule has 0 aliphatic carbocycles. The molecule has 3 rings (SSSR count). The van der Waals surface area contributed by atoms with Gasteiger partial charge in [-0.1, -0.05) is 29.8 Å². The first kappa shape index (κ1) is 19.9. The van der Waals surface area contributed by atoms with Crippen LogP contribution < -0.4 is 15.0 Å². The van der Waals surface area contributed by atoms with E-state index in [2.05, 4.69) is 5.32 Å². The lowest BCUT2D eigenvalue weighted by molar-refractivity contribution is -0.129. The molecule has 1 saturated heterocycles.